The second-order valence-corrected chi connectivity index (χ2v) is 7.31. The molecular weight excluding hydrogens is 354 g/mol. The number of carbonyl (C=O) groups is 2. The number of primary amides is 1. The van der Waals surface area contributed by atoms with Crippen molar-refractivity contribution in [2.24, 2.45) is 5.73 Å². The number of nitrogens with one attached hydrogen (secondary N) is 1. The lowest BCUT2D eigenvalue weighted by Crippen LogP contribution is -2.38. The SMILES string of the molecule is C[C@@H]1CCCCN1c1ccc(C(N)=O)cc1NC(=O)CCc1ccccc1O. The molecule has 0 aliphatic carbocycles. The van der Waals surface area contributed by atoms with Crippen LogP contribution in [0.15, 0.2) is 42.5 Å². The summed E-state index contributed by atoms with van der Waals surface area (Å²) >= 11 is 0. The summed E-state index contributed by atoms with van der Waals surface area (Å²) < 4.78 is 0. The first kappa shape index (κ1) is 19.7. The van der Waals surface area contributed by atoms with Crippen molar-refractivity contribution in [2.45, 2.75) is 45.1 Å². The first-order valence-electron chi connectivity index (χ1n) is 9.73. The van der Waals surface area contributed by atoms with Gasteiger partial charge in [0.25, 0.3) is 0 Å². The molecule has 6 nitrogen and oxygen atoms in total. The Bertz CT molecular complexity index is 866. The molecule has 2 aromatic rings. The highest BCUT2D eigenvalue weighted by molar-refractivity contribution is 5.99. The maximum atomic E-state index is 12.6. The maximum absolute atomic E-state index is 12.6. The summed E-state index contributed by atoms with van der Waals surface area (Å²) in [5, 5.41) is 12.8. The maximum Gasteiger partial charge on any atom is 0.248 e. The largest absolute Gasteiger partial charge is 0.508 e. The van der Waals surface area contributed by atoms with E-state index in [-0.39, 0.29) is 18.1 Å². The number of para-hydroxylation sites is 1. The van der Waals surface area contributed by atoms with Gasteiger partial charge >= 0.3 is 0 Å². The number of amides is 2. The molecule has 0 radical (unpaired) electrons. The van der Waals surface area contributed by atoms with E-state index in [2.05, 4.69) is 17.1 Å². The van der Waals surface area contributed by atoms with Crippen LogP contribution in [-0.2, 0) is 11.2 Å². The Morgan fingerprint density at radius 3 is 2.71 bits per heavy atom. The van der Waals surface area contributed by atoms with Gasteiger partial charge in [-0.3, -0.25) is 9.59 Å². The van der Waals surface area contributed by atoms with Crippen molar-refractivity contribution in [3.8, 4) is 5.75 Å². The van der Waals surface area contributed by atoms with Crippen molar-refractivity contribution in [3.05, 3.63) is 53.6 Å². The molecule has 1 fully saturated rings. The van der Waals surface area contributed by atoms with Crippen LogP contribution in [0.25, 0.3) is 0 Å². The first-order valence-corrected chi connectivity index (χ1v) is 9.73. The number of phenols is 1. The van der Waals surface area contributed by atoms with Gasteiger partial charge in [0.05, 0.1) is 11.4 Å². The zero-order chi connectivity index (χ0) is 20.1. The van der Waals surface area contributed by atoms with Crippen molar-refractivity contribution in [1.82, 2.24) is 0 Å². The van der Waals surface area contributed by atoms with E-state index >= 15 is 0 Å². The highest BCUT2D eigenvalue weighted by atomic mass is 16.3. The summed E-state index contributed by atoms with van der Waals surface area (Å²) in [7, 11) is 0. The fraction of sp³-hybridized carbons (Fsp3) is 0.364. The van der Waals surface area contributed by atoms with Crippen LogP contribution in [0.1, 0.15) is 48.5 Å². The summed E-state index contributed by atoms with van der Waals surface area (Å²) in [6.07, 6.45) is 4.05. The Morgan fingerprint density at radius 1 is 1.21 bits per heavy atom. The molecule has 0 spiro atoms. The van der Waals surface area contributed by atoms with Crippen molar-refractivity contribution in [3.63, 3.8) is 0 Å². The molecular formula is C22H27N3O3. The zero-order valence-corrected chi connectivity index (χ0v) is 16.1. The predicted octanol–water partition coefficient (Wildman–Crippen LogP) is 3.44. The van der Waals surface area contributed by atoms with Crippen molar-refractivity contribution >= 4 is 23.2 Å². The van der Waals surface area contributed by atoms with Crippen LogP contribution in [-0.4, -0.2) is 29.5 Å². The van der Waals surface area contributed by atoms with Gasteiger partial charge < -0.3 is 21.1 Å². The van der Waals surface area contributed by atoms with Crippen LogP contribution in [0.3, 0.4) is 0 Å². The van der Waals surface area contributed by atoms with Gasteiger partial charge in [0.15, 0.2) is 0 Å². The molecule has 1 saturated heterocycles. The molecule has 1 aliphatic rings. The minimum Gasteiger partial charge on any atom is -0.508 e. The number of hydrogen-bond acceptors (Lipinski definition) is 4. The lowest BCUT2D eigenvalue weighted by molar-refractivity contribution is -0.116. The van der Waals surface area contributed by atoms with E-state index in [0.29, 0.717) is 23.7 Å². The second-order valence-electron chi connectivity index (χ2n) is 7.31. The number of carbonyl (C=O) groups excluding carboxylic acids is 2. The molecule has 0 aromatic heterocycles. The standard InChI is InChI=1S/C22H27N3O3/c1-15-6-4-5-13-25(15)19-11-9-17(22(23)28)14-18(19)24-21(27)12-10-16-7-2-3-8-20(16)26/h2-3,7-9,11,14-15,26H,4-6,10,12-13H2,1H3,(H2,23,28)(H,24,27)/t15-/m1/s1. The minimum absolute atomic E-state index is 0.171. The van der Waals surface area contributed by atoms with E-state index in [1.807, 2.05) is 12.1 Å². The van der Waals surface area contributed by atoms with Gasteiger partial charge in [-0.25, -0.2) is 0 Å². The van der Waals surface area contributed by atoms with Gasteiger partial charge in [-0.2, -0.15) is 0 Å². The molecule has 1 aliphatic heterocycles. The van der Waals surface area contributed by atoms with Crippen molar-refractivity contribution in [1.29, 1.82) is 0 Å². The molecule has 28 heavy (non-hydrogen) atoms. The molecule has 1 atom stereocenters. The molecule has 148 valence electrons. The Balaban J connectivity index is 1.78. The third-order valence-electron chi connectivity index (χ3n) is 5.28. The summed E-state index contributed by atoms with van der Waals surface area (Å²) in [6.45, 7) is 3.09. The summed E-state index contributed by atoms with van der Waals surface area (Å²) in [6, 6.07) is 12.6. The van der Waals surface area contributed by atoms with Crippen LogP contribution < -0.4 is 16.0 Å². The number of piperidine rings is 1. The number of rotatable bonds is 6. The fourth-order valence-corrected chi connectivity index (χ4v) is 3.68. The molecule has 2 aromatic carbocycles. The molecule has 4 N–H and O–H groups in total. The number of nitrogens with zero attached hydrogens (tertiary/aromatic N) is 1. The molecule has 0 bridgehead atoms. The number of aryl methyl sites for hydroxylation is 1. The van der Waals surface area contributed by atoms with Gasteiger partial charge in [-0.15, -0.1) is 0 Å². The smallest absolute Gasteiger partial charge is 0.248 e. The Hall–Kier alpha value is -3.02. The fourth-order valence-electron chi connectivity index (χ4n) is 3.68. The Morgan fingerprint density at radius 2 is 2.00 bits per heavy atom. The molecule has 3 rings (SSSR count). The van der Waals surface area contributed by atoms with E-state index in [1.165, 1.54) is 6.42 Å². The monoisotopic (exact) mass is 381 g/mol. The van der Waals surface area contributed by atoms with Crippen LogP contribution in [0.5, 0.6) is 5.75 Å². The number of hydrogen-bond donors (Lipinski definition) is 3. The molecule has 2 amide bonds. The minimum atomic E-state index is -0.525. The quantitative estimate of drug-likeness (QED) is 0.714. The van der Waals surface area contributed by atoms with Crippen LogP contribution in [0.2, 0.25) is 0 Å². The number of nitrogens with two attached hydrogens (primary N) is 1. The highest BCUT2D eigenvalue weighted by Gasteiger charge is 2.22. The van der Waals surface area contributed by atoms with E-state index in [4.69, 9.17) is 5.73 Å². The van der Waals surface area contributed by atoms with Crippen LogP contribution in [0.4, 0.5) is 11.4 Å². The normalized spacial score (nSPS) is 16.6. The van der Waals surface area contributed by atoms with Crippen LogP contribution >= 0.6 is 0 Å². The Kier molecular flexibility index (Phi) is 6.19. The van der Waals surface area contributed by atoms with E-state index in [0.717, 1.165) is 30.6 Å². The summed E-state index contributed by atoms with van der Waals surface area (Å²) in [5.41, 5.74) is 8.04. The molecule has 0 saturated carbocycles. The van der Waals surface area contributed by atoms with Gasteiger partial charge in [0.1, 0.15) is 5.75 Å². The predicted molar refractivity (Wildman–Crippen MR) is 111 cm³/mol. The van der Waals surface area contributed by atoms with E-state index < -0.39 is 5.91 Å². The van der Waals surface area contributed by atoms with Gasteiger partial charge in [-0.05, 0) is 62.4 Å². The topological polar surface area (TPSA) is 95.7 Å². The van der Waals surface area contributed by atoms with Crippen LogP contribution in [0, 0.1) is 0 Å². The molecule has 6 heteroatoms. The summed E-state index contributed by atoms with van der Waals surface area (Å²) in [4.78, 5) is 26.4. The molecule has 1 heterocycles. The van der Waals surface area contributed by atoms with Crippen molar-refractivity contribution in [2.75, 3.05) is 16.8 Å². The third-order valence-corrected chi connectivity index (χ3v) is 5.28. The summed E-state index contributed by atoms with van der Waals surface area (Å²) in [5.74, 6) is -0.507. The zero-order valence-electron chi connectivity index (χ0n) is 16.1. The average molecular weight is 381 g/mol. The first-order chi connectivity index (χ1) is 13.5. The number of phenolic OH excluding ortho intramolecular Hbond substituents is 1. The Labute approximate surface area is 165 Å². The number of aromatic hydroxyl groups is 1. The number of benzene rings is 2. The lowest BCUT2D eigenvalue weighted by atomic mass is 10.0. The molecule has 0 unspecified atom stereocenters. The third kappa shape index (κ3) is 4.63. The van der Waals surface area contributed by atoms with E-state index in [9.17, 15) is 14.7 Å². The van der Waals surface area contributed by atoms with E-state index in [1.54, 1.807) is 30.3 Å². The van der Waals surface area contributed by atoms with Gasteiger partial charge in [0.2, 0.25) is 11.8 Å². The van der Waals surface area contributed by atoms with Gasteiger partial charge in [-0.1, -0.05) is 18.2 Å². The lowest BCUT2D eigenvalue weighted by Gasteiger charge is -2.36. The highest BCUT2D eigenvalue weighted by Crippen LogP contribution is 2.32. The van der Waals surface area contributed by atoms with Crippen molar-refractivity contribution < 1.29 is 14.7 Å². The second kappa shape index (κ2) is 8.78. The van der Waals surface area contributed by atoms with Gasteiger partial charge in [0, 0.05) is 24.6 Å². The number of anilines is 2. The average Bonchev–Trinajstić information content (AvgIpc) is 2.68.